The molecule has 0 atom stereocenters. The normalized spacial score (nSPS) is 16.6. The Morgan fingerprint density at radius 1 is 1.35 bits per heavy atom. The average molecular weight is 254 g/mol. The highest BCUT2D eigenvalue weighted by Crippen LogP contribution is 2.19. The van der Waals surface area contributed by atoms with Crippen LogP contribution in [0.25, 0.3) is 0 Å². The van der Waals surface area contributed by atoms with Crippen LogP contribution >= 0.6 is 12.2 Å². The zero-order chi connectivity index (χ0) is 12.3. The van der Waals surface area contributed by atoms with Gasteiger partial charge in [0.2, 0.25) is 0 Å². The summed E-state index contributed by atoms with van der Waals surface area (Å²) < 4.78 is 19.1. The summed E-state index contributed by atoms with van der Waals surface area (Å²) in [7, 11) is 0. The van der Waals surface area contributed by atoms with E-state index in [9.17, 15) is 4.39 Å². The van der Waals surface area contributed by atoms with Gasteiger partial charge in [0, 0.05) is 30.9 Å². The number of thiocarbonyl (C=S) groups is 1. The Morgan fingerprint density at radius 3 is 2.88 bits per heavy atom. The molecule has 2 rings (SSSR count). The molecule has 17 heavy (non-hydrogen) atoms. The first-order chi connectivity index (χ1) is 8.18. The second-order valence-corrected chi connectivity index (χ2v) is 4.42. The molecule has 1 aromatic carbocycles. The minimum absolute atomic E-state index is 0.0910. The number of rotatable bonds is 2. The van der Waals surface area contributed by atoms with Crippen LogP contribution in [-0.4, -0.2) is 31.3 Å². The van der Waals surface area contributed by atoms with Crippen LogP contribution < -0.4 is 10.6 Å². The van der Waals surface area contributed by atoms with Crippen LogP contribution in [0.1, 0.15) is 12.0 Å². The second-order valence-electron chi connectivity index (χ2n) is 3.98. The van der Waals surface area contributed by atoms with E-state index in [0.717, 1.165) is 31.8 Å². The van der Waals surface area contributed by atoms with Gasteiger partial charge in [-0.1, -0.05) is 12.2 Å². The minimum atomic E-state index is -0.361. The highest BCUT2D eigenvalue weighted by atomic mass is 32.1. The molecule has 0 bridgehead atoms. The van der Waals surface area contributed by atoms with Crippen molar-refractivity contribution in [3.63, 3.8) is 0 Å². The molecule has 1 saturated heterocycles. The van der Waals surface area contributed by atoms with E-state index in [-0.39, 0.29) is 10.8 Å². The van der Waals surface area contributed by atoms with E-state index in [2.05, 4.69) is 4.90 Å². The third-order valence-corrected chi connectivity index (χ3v) is 3.03. The summed E-state index contributed by atoms with van der Waals surface area (Å²) in [6, 6.07) is 4.97. The molecule has 2 N–H and O–H groups in total. The Balaban J connectivity index is 2.21. The molecule has 0 amide bonds. The molecule has 1 aliphatic rings. The fourth-order valence-corrected chi connectivity index (χ4v) is 2.07. The smallest absolute Gasteiger partial charge is 0.135 e. The average Bonchev–Trinajstić information content (AvgIpc) is 2.56. The van der Waals surface area contributed by atoms with E-state index in [0.29, 0.717) is 12.2 Å². The van der Waals surface area contributed by atoms with E-state index < -0.39 is 0 Å². The Kier molecular flexibility index (Phi) is 3.91. The molecule has 3 nitrogen and oxygen atoms in total. The summed E-state index contributed by atoms with van der Waals surface area (Å²) in [5.74, 6) is -0.361. The van der Waals surface area contributed by atoms with Crippen molar-refractivity contribution in [1.82, 2.24) is 0 Å². The van der Waals surface area contributed by atoms with E-state index >= 15 is 0 Å². The molecule has 0 spiro atoms. The number of benzene rings is 1. The van der Waals surface area contributed by atoms with Crippen LogP contribution in [0, 0.1) is 5.82 Å². The van der Waals surface area contributed by atoms with Crippen molar-refractivity contribution < 1.29 is 9.13 Å². The van der Waals surface area contributed by atoms with E-state index in [1.807, 2.05) is 6.07 Å². The standard InChI is InChI=1S/C12H15FN2OS/c13-11-8-9(2-3-10(11)12(14)17)15-4-1-6-16-7-5-15/h2-3,8H,1,4-7H2,(H2,14,17). The Hall–Kier alpha value is -1.20. The van der Waals surface area contributed by atoms with Crippen LogP contribution in [0.3, 0.4) is 0 Å². The van der Waals surface area contributed by atoms with Crippen LogP contribution in [0.4, 0.5) is 10.1 Å². The maximum absolute atomic E-state index is 13.7. The molecule has 0 aliphatic carbocycles. The summed E-state index contributed by atoms with van der Waals surface area (Å²) in [5, 5.41) is 0. The third-order valence-electron chi connectivity index (χ3n) is 2.81. The van der Waals surface area contributed by atoms with Gasteiger partial charge in [-0.05, 0) is 24.6 Å². The zero-order valence-electron chi connectivity index (χ0n) is 9.49. The van der Waals surface area contributed by atoms with Gasteiger partial charge < -0.3 is 15.4 Å². The van der Waals surface area contributed by atoms with Gasteiger partial charge in [0.05, 0.1) is 6.61 Å². The van der Waals surface area contributed by atoms with Gasteiger partial charge >= 0.3 is 0 Å². The number of ether oxygens (including phenoxy) is 1. The predicted octanol–water partition coefficient (Wildman–Crippen LogP) is 1.69. The summed E-state index contributed by atoms with van der Waals surface area (Å²) in [6.07, 6.45) is 0.957. The fraction of sp³-hybridized carbons (Fsp3) is 0.417. The molecular weight excluding hydrogens is 239 g/mol. The Bertz CT molecular complexity index is 417. The molecule has 0 unspecified atom stereocenters. The first kappa shape index (κ1) is 12.3. The number of hydrogen-bond acceptors (Lipinski definition) is 3. The monoisotopic (exact) mass is 254 g/mol. The van der Waals surface area contributed by atoms with E-state index in [1.54, 1.807) is 6.07 Å². The first-order valence-corrected chi connectivity index (χ1v) is 6.01. The van der Waals surface area contributed by atoms with Gasteiger partial charge in [0.1, 0.15) is 10.8 Å². The van der Waals surface area contributed by atoms with Crippen molar-refractivity contribution >= 4 is 22.9 Å². The number of nitrogens with zero attached hydrogens (tertiary/aromatic N) is 1. The summed E-state index contributed by atoms with van der Waals surface area (Å²) in [5.41, 5.74) is 6.58. The van der Waals surface area contributed by atoms with Crippen molar-refractivity contribution in [2.75, 3.05) is 31.2 Å². The highest BCUT2D eigenvalue weighted by molar-refractivity contribution is 7.80. The predicted molar refractivity (Wildman–Crippen MR) is 69.9 cm³/mol. The molecule has 92 valence electrons. The van der Waals surface area contributed by atoms with Crippen LogP contribution in [0.5, 0.6) is 0 Å². The van der Waals surface area contributed by atoms with Crippen molar-refractivity contribution in [2.45, 2.75) is 6.42 Å². The first-order valence-electron chi connectivity index (χ1n) is 5.60. The number of nitrogens with two attached hydrogens (primary N) is 1. The van der Waals surface area contributed by atoms with Crippen LogP contribution in [0.15, 0.2) is 18.2 Å². The molecule has 0 aromatic heterocycles. The molecule has 0 saturated carbocycles. The SMILES string of the molecule is NC(=S)c1ccc(N2CCCOCC2)cc1F. The van der Waals surface area contributed by atoms with Crippen LogP contribution in [0.2, 0.25) is 0 Å². The van der Waals surface area contributed by atoms with Gasteiger partial charge in [-0.2, -0.15) is 0 Å². The van der Waals surface area contributed by atoms with Gasteiger partial charge in [-0.25, -0.2) is 4.39 Å². The lowest BCUT2D eigenvalue weighted by molar-refractivity contribution is 0.152. The van der Waals surface area contributed by atoms with E-state index in [4.69, 9.17) is 22.7 Å². The second kappa shape index (κ2) is 5.42. The topological polar surface area (TPSA) is 38.5 Å². The van der Waals surface area contributed by atoms with Crippen molar-refractivity contribution in [3.05, 3.63) is 29.6 Å². The zero-order valence-corrected chi connectivity index (χ0v) is 10.3. The maximum atomic E-state index is 13.7. The minimum Gasteiger partial charge on any atom is -0.389 e. The number of anilines is 1. The third kappa shape index (κ3) is 2.92. The molecule has 1 heterocycles. The number of halogens is 1. The fourth-order valence-electron chi connectivity index (χ4n) is 1.90. The summed E-state index contributed by atoms with van der Waals surface area (Å²) in [4.78, 5) is 2.20. The van der Waals surface area contributed by atoms with Crippen molar-refractivity contribution in [3.8, 4) is 0 Å². The Labute approximate surface area is 105 Å². The molecular formula is C12H15FN2OS. The maximum Gasteiger partial charge on any atom is 0.135 e. The summed E-state index contributed by atoms with van der Waals surface area (Å²) in [6.45, 7) is 3.11. The molecule has 1 aromatic rings. The van der Waals surface area contributed by atoms with Crippen molar-refractivity contribution in [1.29, 1.82) is 0 Å². The van der Waals surface area contributed by atoms with Gasteiger partial charge in [-0.15, -0.1) is 0 Å². The lowest BCUT2D eigenvalue weighted by atomic mass is 10.1. The van der Waals surface area contributed by atoms with Crippen molar-refractivity contribution in [2.24, 2.45) is 5.73 Å². The highest BCUT2D eigenvalue weighted by Gasteiger charge is 2.12. The molecule has 5 heteroatoms. The Morgan fingerprint density at radius 2 is 2.18 bits per heavy atom. The summed E-state index contributed by atoms with van der Waals surface area (Å²) >= 11 is 4.78. The largest absolute Gasteiger partial charge is 0.389 e. The van der Waals surface area contributed by atoms with Gasteiger partial charge in [0.25, 0.3) is 0 Å². The molecule has 0 radical (unpaired) electrons. The lowest BCUT2D eigenvalue weighted by Crippen LogP contribution is -2.26. The molecule has 1 aliphatic heterocycles. The van der Waals surface area contributed by atoms with Gasteiger partial charge in [-0.3, -0.25) is 0 Å². The lowest BCUT2D eigenvalue weighted by Gasteiger charge is -2.22. The van der Waals surface area contributed by atoms with Crippen LogP contribution in [-0.2, 0) is 4.74 Å². The van der Waals surface area contributed by atoms with Gasteiger partial charge in [0.15, 0.2) is 0 Å². The number of hydrogen-bond donors (Lipinski definition) is 1. The van der Waals surface area contributed by atoms with E-state index in [1.165, 1.54) is 6.07 Å². The quantitative estimate of drug-likeness (QED) is 0.815. The molecule has 1 fully saturated rings.